The fourth-order valence-electron chi connectivity index (χ4n) is 3.73. The van der Waals surface area contributed by atoms with E-state index in [4.69, 9.17) is 5.73 Å². The molecular formula is C21H23N5O. The van der Waals surface area contributed by atoms with Gasteiger partial charge in [-0.1, -0.05) is 12.1 Å². The zero-order valence-corrected chi connectivity index (χ0v) is 15.4. The number of aryl methyl sites for hydroxylation is 1. The Balaban J connectivity index is 1.50. The monoisotopic (exact) mass is 361 g/mol. The van der Waals surface area contributed by atoms with Crippen LogP contribution >= 0.6 is 0 Å². The minimum Gasteiger partial charge on any atom is -0.382 e. The summed E-state index contributed by atoms with van der Waals surface area (Å²) in [6, 6.07) is 12.7. The highest BCUT2D eigenvalue weighted by Gasteiger charge is 2.21. The van der Waals surface area contributed by atoms with Crippen molar-refractivity contribution in [3.8, 4) is 0 Å². The molecule has 0 aliphatic carbocycles. The summed E-state index contributed by atoms with van der Waals surface area (Å²) < 4.78 is 0. The second-order valence-electron chi connectivity index (χ2n) is 7.05. The maximum atomic E-state index is 11.6. The second kappa shape index (κ2) is 7.23. The van der Waals surface area contributed by atoms with Crippen LogP contribution in [-0.2, 0) is 0 Å². The summed E-state index contributed by atoms with van der Waals surface area (Å²) >= 11 is 0. The molecule has 1 fully saturated rings. The van der Waals surface area contributed by atoms with Crippen LogP contribution in [0.5, 0.6) is 0 Å². The zero-order chi connectivity index (χ0) is 18.8. The number of hydrogen-bond donors (Lipinski definition) is 2. The molecule has 6 heteroatoms. The smallest absolute Gasteiger partial charge is 0.250 e. The van der Waals surface area contributed by atoms with E-state index in [-0.39, 0.29) is 0 Å². The van der Waals surface area contributed by atoms with Crippen molar-refractivity contribution in [3.63, 3.8) is 0 Å². The van der Waals surface area contributed by atoms with Crippen molar-refractivity contribution in [3.05, 3.63) is 60.0 Å². The van der Waals surface area contributed by atoms with Gasteiger partial charge >= 0.3 is 0 Å². The molecule has 1 amide bonds. The van der Waals surface area contributed by atoms with Crippen molar-refractivity contribution in [2.45, 2.75) is 25.8 Å². The summed E-state index contributed by atoms with van der Waals surface area (Å²) in [6.45, 7) is 4.14. The largest absolute Gasteiger partial charge is 0.382 e. The summed E-state index contributed by atoms with van der Waals surface area (Å²) in [6.07, 6.45) is 5.26. The summed E-state index contributed by atoms with van der Waals surface area (Å²) in [7, 11) is 0. The molecule has 4 rings (SSSR count). The number of primary amides is 1. The summed E-state index contributed by atoms with van der Waals surface area (Å²) in [5, 5.41) is 4.44. The number of aromatic nitrogens is 2. The lowest BCUT2D eigenvalue weighted by Gasteiger charge is -2.34. The van der Waals surface area contributed by atoms with Crippen LogP contribution in [0.25, 0.3) is 10.9 Å². The Hall–Kier alpha value is -3.15. The Labute approximate surface area is 158 Å². The van der Waals surface area contributed by atoms with E-state index in [1.54, 1.807) is 12.3 Å². The van der Waals surface area contributed by atoms with E-state index in [0.717, 1.165) is 37.0 Å². The van der Waals surface area contributed by atoms with E-state index in [9.17, 15) is 4.79 Å². The average molecular weight is 361 g/mol. The van der Waals surface area contributed by atoms with Crippen LogP contribution in [0.15, 0.2) is 48.9 Å². The fourth-order valence-corrected chi connectivity index (χ4v) is 3.73. The molecule has 6 nitrogen and oxygen atoms in total. The summed E-state index contributed by atoms with van der Waals surface area (Å²) in [5.41, 5.74) is 10.0. The second-order valence-corrected chi connectivity index (χ2v) is 7.05. The molecule has 27 heavy (non-hydrogen) atoms. The van der Waals surface area contributed by atoms with Crippen molar-refractivity contribution in [2.75, 3.05) is 23.3 Å². The first kappa shape index (κ1) is 17.3. The molecule has 0 unspecified atom stereocenters. The van der Waals surface area contributed by atoms with Gasteiger partial charge in [-0.3, -0.25) is 4.79 Å². The Bertz CT molecular complexity index is 979. The van der Waals surface area contributed by atoms with Gasteiger partial charge in [0.15, 0.2) is 0 Å². The molecule has 1 aromatic heterocycles. The highest BCUT2D eigenvalue weighted by molar-refractivity contribution is 6.07. The summed E-state index contributed by atoms with van der Waals surface area (Å²) in [5.74, 6) is -0.475. The molecule has 3 N–H and O–H groups in total. The van der Waals surface area contributed by atoms with Crippen molar-refractivity contribution in [1.29, 1.82) is 0 Å². The van der Waals surface area contributed by atoms with Crippen LogP contribution in [0, 0.1) is 6.92 Å². The molecule has 0 saturated carbocycles. The SMILES string of the molecule is Cc1cccc(N2CCC(Nc3ccc(C(N)=O)c4ncncc34)CC2)c1. The van der Waals surface area contributed by atoms with Crippen LogP contribution in [0.4, 0.5) is 11.4 Å². The average Bonchev–Trinajstić information content (AvgIpc) is 2.68. The normalized spacial score (nSPS) is 15.1. The first-order valence-electron chi connectivity index (χ1n) is 9.22. The summed E-state index contributed by atoms with van der Waals surface area (Å²) in [4.78, 5) is 22.5. The van der Waals surface area contributed by atoms with E-state index in [2.05, 4.69) is 51.4 Å². The first-order valence-corrected chi connectivity index (χ1v) is 9.22. The quantitative estimate of drug-likeness (QED) is 0.746. The topological polar surface area (TPSA) is 84.1 Å². The minimum atomic E-state index is -0.475. The maximum Gasteiger partial charge on any atom is 0.250 e. The number of benzene rings is 2. The Morgan fingerprint density at radius 1 is 1.22 bits per heavy atom. The number of carbonyl (C=O) groups is 1. The van der Waals surface area contributed by atoms with Gasteiger partial charge in [0.1, 0.15) is 6.33 Å². The van der Waals surface area contributed by atoms with Gasteiger partial charge in [-0.2, -0.15) is 0 Å². The predicted molar refractivity (Wildman–Crippen MR) is 108 cm³/mol. The lowest BCUT2D eigenvalue weighted by molar-refractivity contribution is 0.100. The third kappa shape index (κ3) is 3.56. The van der Waals surface area contributed by atoms with Crippen molar-refractivity contribution >= 4 is 28.2 Å². The molecule has 1 saturated heterocycles. The fraction of sp³-hybridized carbons (Fsp3) is 0.286. The lowest BCUT2D eigenvalue weighted by atomic mass is 10.0. The molecule has 0 bridgehead atoms. The number of nitrogens with zero attached hydrogens (tertiary/aromatic N) is 3. The molecule has 138 valence electrons. The van der Waals surface area contributed by atoms with E-state index < -0.39 is 5.91 Å². The van der Waals surface area contributed by atoms with Crippen LogP contribution in [0.1, 0.15) is 28.8 Å². The molecule has 2 heterocycles. The van der Waals surface area contributed by atoms with E-state index in [1.807, 2.05) is 6.07 Å². The van der Waals surface area contributed by atoms with Gasteiger partial charge in [0.2, 0.25) is 0 Å². The number of nitrogens with one attached hydrogen (secondary N) is 1. The lowest BCUT2D eigenvalue weighted by Crippen LogP contribution is -2.39. The molecule has 1 aliphatic rings. The molecule has 0 radical (unpaired) electrons. The number of nitrogens with two attached hydrogens (primary N) is 1. The first-order chi connectivity index (χ1) is 13.1. The molecule has 1 aliphatic heterocycles. The van der Waals surface area contributed by atoms with Crippen LogP contribution < -0.4 is 16.0 Å². The van der Waals surface area contributed by atoms with Crippen LogP contribution in [-0.4, -0.2) is 35.0 Å². The van der Waals surface area contributed by atoms with Gasteiger partial charge in [-0.15, -0.1) is 0 Å². The molecule has 2 aromatic carbocycles. The highest BCUT2D eigenvalue weighted by Crippen LogP contribution is 2.27. The number of anilines is 2. The Morgan fingerprint density at radius 2 is 2.04 bits per heavy atom. The number of amides is 1. The number of hydrogen-bond acceptors (Lipinski definition) is 5. The van der Waals surface area contributed by atoms with Gasteiger partial charge in [0.05, 0.1) is 11.1 Å². The zero-order valence-electron chi connectivity index (χ0n) is 15.4. The van der Waals surface area contributed by atoms with Crippen molar-refractivity contribution in [2.24, 2.45) is 5.73 Å². The number of piperidine rings is 1. The van der Waals surface area contributed by atoms with E-state index >= 15 is 0 Å². The van der Waals surface area contributed by atoms with E-state index in [0.29, 0.717) is 17.1 Å². The highest BCUT2D eigenvalue weighted by atomic mass is 16.1. The van der Waals surface area contributed by atoms with Gasteiger partial charge < -0.3 is 16.0 Å². The van der Waals surface area contributed by atoms with Gasteiger partial charge in [-0.25, -0.2) is 9.97 Å². The third-order valence-electron chi connectivity index (χ3n) is 5.16. The van der Waals surface area contributed by atoms with Crippen LogP contribution in [0.2, 0.25) is 0 Å². The predicted octanol–water partition coefficient (Wildman–Crippen LogP) is 3.12. The number of carbonyl (C=O) groups excluding carboxylic acids is 1. The molecule has 3 aromatic rings. The van der Waals surface area contributed by atoms with Crippen molar-refractivity contribution < 1.29 is 4.79 Å². The van der Waals surface area contributed by atoms with Gasteiger partial charge in [0.25, 0.3) is 5.91 Å². The maximum absolute atomic E-state index is 11.6. The molecular weight excluding hydrogens is 338 g/mol. The van der Waals surface area contributed by atoms with Crippen molar-refractivity contribution in [1.82, 2.24) is 9.97 Å². The van der Waals surface area contributed by atoms with Gasteiger partial charge in [0, 0.05) is 42.1 Å². The minimum absolute atomic E-state index is 0.369. The number of fused-ring (bicyclic) bond motifs is 1. The third-order valence-corrected chi connectivity index (χ3v) is 5.16. The number of rotatable bonds is 4. The molecule has 0 spiro atoms. The Kier molecular flexibility index (Phi) is 4.62. The standard InChI is InChI=1S/C21H23N5O/c1-14-3-2-4-16(11-14)26-9-7-15(8-10-26)25-19-6-5-17(21(22)27)20-18(19)12-23-13-24-20/h2-6,11-13,15,25H,7-10H2,1H3,(H2,22,27). The van der Waals surface area contributed by atoms with Gasteiger partial charge in [-0.05, 0) is 49.6 Å². The molecule has 0 atom stereocenters. The van der Waals surface area contributed by atoms with Crippen LogP contribution in [0.3, 0.4) is 0 Å². The Morgan fingerprint density at radius 3 is 2.78 bits per heavy atom. The van der Waals surface area contributed by atoms with E-state index in [1.165, 1.54) is 17.6 Å².